The van der Waals surface area contributed by atoms with Gasteiger partial charge in [0.05, 0.1) is 11.4 Å². The molecule has 0 aromatic carbocycles. The van der Waals surface area contributed by atoms with Gasteiger partial charge in [0, 0.05) is 17.9 Å². The van der Waals surface area contributed by atoms with E-state index in [2.05, 4.69) is 15.5 Å². The zero-order valence-corrected chi connectivity index (χ0v) is 11.9. The van der Waals surface area contributed by atoms with Gasteiger partial charge in [-0.3, -0.25) is 14.7 Å². The largest absolute Gasteiger partial charge is 0.395 e. The molecule has 2 aliphatic rings. The van der Waals surface area contributed by atoms with Crippen LogP contribution in [0.2, 0.25) is 0 Å². The lowest BCUT2D eigenvalue weighted by Crippen LogP contribution is -2.40. The van der Waals surface area contributed by atoms with Crippen molar-refractivity contribution in [3.63, 3.8) is 0 Å². The second kappa shape index (κ2) is 5.38. The van der Waals surface area contributed by atoms with Gasteiger partial charge < -0.3 is 16.8 Å². The molecule has 7 heteroatoms. The van der Waals surface area contributed by atoms with Crippen LogP contribution in [0.25, 0.3) is 0 Å². The molecule has 7 nitrogen and oxygen atoms in total. The molecule has 0 unspecified atom stereocenters. The number of rotatable bonds is 4. The number of nitrogen functional groups attached to an aromatic ring is 1. The predicted molar refractivity (Wildman–Crippen MR) is 77.4 cm³/mol. The number of carbonyl (C=O) groups is 2. The molecule has 2 fully saturated rings. The quantitative estimate of drug-likeness (QED) is 0.649. The summed E-state index contributed by atoms with van der Waals surface area (Å²) < 4.78 is 0. The van der Waals surface area contributed by atoms with Crippen molar-refractivity contribution >= 4 is 17.5 Å². The van der Waals surface area contributed by atoms with Gasteiger partial charge >= 0.3 is 0 Å². The highest BCUT2D eigenvalue weighted by atomic mass is 16.2. The fourth-order valence-corrected chi connectivity index (χ4v) is 3.00. The molecule has 2 amide bonds. The summed E-state index contributed by atoms with van der Waals surface area (Å²) in [5.41, 5.74) is 12.9. The number of anilines is 1. The number of aromatic amines is 1. The van der Waals surface area contributed by atoms with Crippen LogP contribution in [0.15, 0.2) is 0 Å². The predicted octanol–water partition coefficient (Wildman–Crippen LogP) is 0.643. The van der Waals surface area contributed by atoms with Gasteiger partial charge in [0.25, 0.3) is 5.91 Å². The van der Waals surface area contributed by atoms with Crippen molar-refractivity contribution < 1.29 is 9.59 Å². The van der Waals surface area contributed by atoms with Crippen molar-refractivity contribution in [3.8, 4) is 0 Å². The molecule has 0 spiro atoms. The van der Waals surface area contributed by atoms with Gasteiger partial charge in [0.15, 0.2) is 5.69 Å². The van der Waals surface area contributed by atoms with Crippen LogP contribution in [-0.4, -0.2) is 28.1 Å². The monoisotopic (exact) mass is 291 g/mol. The number of primary amides is 1. The molecule has 2 saturated carbocycles. The Balaban J connectivity index is 1.58. The second-order valence-electron chi connectivity index (χ2n) is 6.10. The third-order valence-electron chi connectivity index (χ3n) is 4.50. The van der Waals surface area contributed by atoms with E-state index in [4.69, 9.17) is 11.5 Å². The summed E-state index contributed by atoms with van der Waals surface area (Å²) in [5.74, 6) is -0.108. The molecule has 0 aliphatic heterocycles. The average Bonchev–Trinajstić information content (AvgIpc) is 3.22. The first kappa shape index (κ1) is 13.9. The molecule has 0 bridgehead atoms. The number of nitrogens with zero attached hydrogens (tertiary/aromatic N) is 1. The Hall–Kier alpha value is -2.05. The zero-order valence-electron chi connectivity index (χ0n) is 11.9. The highest BCUT2D eigenvalue weighted by Crippen LogP contribution is 2.42. The summed E-state index contributed by atoms with van der Waals surface area (Å²) in [6, 6.07) is 0.0635. The molecule has 21 heavy (non-hydrogen) atoms. The van der Waals surface area contributed by atoms with Crippen molar-refractivity contribution in [2.75, 3.05) is 5.73 Å². The van der Waals surface area contributed by atoms with Gasteiger partial charge in [0.2, 0.25) is 5.91 Å². The van der Waals surface area contributed by atoms with Crippen LogP contribution >= 0.6 is 0 Å². The van der Waals surface area contributed by atoms with E-state index in [0.29, 0.717) is 11.6 Å². The third kappa shape index (κ3) is 2.86. The molecule has 0 radical (unpaired) electrons. The van der Waals surface area contributed by atoms with E-state index in [9.17, 15) is 9.59 Å². The molecule has 1 aromatic heterocycles. The molecule has 0 atom stereocenters. The maximum Gasteiger partial charge on any atom is 0.274 e. The smallest absolute Gasteiger partial charge is 0.274 e. The maximum atomic E-state index is 12.2. The minimum atomic E-state index is -0.245. The summed E-state index contributed by atoms with van der Waals surface area (Å²) in [4.78, 5) is 23.4. The first-order chi connectivity index (χ1) is 10.1. The van der Waals surface area contributed by atoms with Crippen molar-refractivity contribution in [2.45, 2.75) is 50.5 Å². The van der Waals surface area contributed by atoms with Gasteiger partial charge in [-0.05, 0) is 38.5 Å². The lowest BCUT2D eigenvalue weighted by Gasteiger charge is -2.27. The lowest BCUT2D eigenvalue weighted by molar-refractivity contribution is -0.122. The molecule has 0 saturated heterocycles. The van der Waals surface area contributed by atoms with Crippen LogP contribution in [-0.2, 0) is 4.79 Å². The van der Waals surface area contributed by atoms with Gasteiger partial charge in [-0.25, -0.2) is 0 Å². The topological polar surface area (TPSA) is 127 Å². The minimum absolute atomic E-state index is 0.0601. The van der Waals surface area contributed by atoms with Crippen LogP contribution < -0.4 is 16.8 Å². The Morgan fingerprint density at radius 2 is 1.81 bits per heavy atom. The summed E-state index contributed by atoms with van der Waals surface area (Å²) in [5, 5.41) is 9.88. The fourth-order valence-electron chi connectivity index (χ4n) is 3.00. The van der Waals surface area contributed by atoms with Gasteiger partial charge in [-0.1, -0.05) is 0 Å². The summed E-state index contributed by atoms with van der Waals surface area (Å²) >= 11 is 0. The molecule has 3 rings (SSSR count). The molecule has 1 heterocycles. The van der Waals surface area contributed by atoms with E-state index < -0.39 is 0 Å². The Morgan fingerprint density at radius 1 is 1.14 bits per heavy atom. The number of amides is 2. The molecule has 6 N–H and O–H groups in total. The molecule has 1 aromatic rings. The highest BCUT2D eigenvalue weighted by molar-refractivity contribution is 5.98. The van der Waals surface area contributed by atoms with E-state index in [1.54, 1.807) is 0 Å². The minimum Gasteiger partial charge on any atom is -0.395 e. The van der Waals surface area contributed by atoms with Crippen LogP contribution in [0.1, 0.15) is 60.6 Å². The number of aromatic nitrogens is 2. The standard InChI is InChI=1S/C14H21N5O2/c15-10-11(7-1-2-7)18-19-12(10)14(21)17-9-5-3-8(4-6-9)13(16)20/h7-9H,1-6,15H2,(H2,16,20)(H,17,21)(H,18,19). The summed E-state index contributed by atoms with van der Waals surface area (Å²) in [6.45, 7) is 0. The number of hydrogen-bond acceptors (Lipinski definition) is 4. The first-order valence-corrected chi connectivity index (χ1v) is 7.50. The number of nitrogens with one attached hydrogen (secondary N) is 2. The van der Waals surface area contributed by atoms with Gasteiger partial charge in [-0.2, -0.15) is 5.10 Å². The Kier molecular flexibility index (Phi) is 3.57. The molecule has 114 valence electrons. The van der Waals surface area contributed by atoms with E-state index in [0.717, 1.165) is 44.2 Å². The van der Waals surface area contributed by atoms with E-state index >= 15 is 0 Å². The first-order valence-electron chi connectivity index (χ1n) is 7.50. The third-order valence-corrected chi connectivity index (χ3v) is 4.50. The SMILES string of the molecule is NC(=O)C1CCC(NC(=O)c2n[nH]c(C3CC3)c2N)CC1. The van der Waals surface area contributed by atoms with Crippen molar-refractivity contribution in [2.24, 2.45) is 11.7 Å². The van der Waals surface area contributed by atoms with Gasteiger partial charge in [-0.15, -0.1) is 0 Å². The second-order valence-corrected chi connectivity index (χ2v) is 6.10. The Bertz CT molecular complexity index is 556. The normalized spacial score (nSPS) is 25.5. The lowest BCUT2D eigenvalue weighted by atomic mass is 9.85. The summed E-state index contributed by atoms with van der Waals surface area (Å²) in [6.07, 6.45) is 5.18. The number of nitrogens with two attached hydrogens (primary N) is 2. The fraction of sp³-hybridized carbons (Fsp3) is 0.643. The molecule has 2 aliphatic carbocycles. The van der Waals surface area contributed by atoms with Gasteiger partial charge in [0.1, 0.15) is 0 Å². The summed E-state index contributed by atoms with van der Waals surface area (Å²) in [7, 11) is 0. The van der Waals surface area contributed by atoms with Crippen molar-refractivity contribution in [3.05, 3.63) is 11.4 Å². The number of H-pyrrole nitrogens is 1. The van der Waals surface area contributed by atoms with Crippen LogP contribution in [0.3, 0.4) is 0 Å². The van der Waals surface area contributed by atoms with Crippen molar-refractivity contribution in [1.82, 2.24) is 15.5 Å². The average molecular weight is 291 g/mol. The molecular weight excluding hydrogens is 270 g/mol. The van der Waals surface area contributed by atoms with Crippen LogP contribution in [0.5, 0.6) is 0 Å². The van der Waals surface area contributed by atoms with Crippen LogP contribution in [0.4, 0.5) is 5.69 Å². The maximum absolute atomic E-state index is 12.2. The molecular formula is C14H21N5O2. The number of carbonyl (C=O) groups excluding carboxylic acids is 2. The zero-order chi connectivity index (χ0) is 15.0. The van der Waals surface area contributed by atoms with Crippen molar-refractivity contribution in [1.29, 1.82) is 0 Å². The van der Waals surface area contributed by atoms with E-state index in [1.165, 1.54) is 0 Å². The van der Waals surface area contributed by atoms with Crippen LogP contribution in [0, 0.1) is 5.92 Å². The highest BCUT2D eigenvalue weighted by Gasteiger charge is 2.31. The number of hydrogen-bond donors (Lipinski definition) is 4. The Morgan fingerprint density at radius 3 is 2.38 bits per heavy atom. The Labute approximate surface area is 122 Å². The van der Waals surface area contributed by atoms with E-state index in [-0.39, 0.29) is 29.5 Å². The van der Waals surface area contributed by atoms with E-state index in [1.807, 2.05) is 0 Å².